The number of fused-ring (bicyclic) bond motifs is 1. The highest BCUT2D eigenvalue weighted by molar-refractivity contribution is 6.10. The minimum atomic E-state index is -1.37. The fourth-order valence-corrected chi connectivity index (χ4v) is 5.40. The molecule has 0 heterocycles. The number of esters is 2. The van der Waals surface area contributed by atoms with E-state index in [1.54, 1.807) is 24.3 Å². The first-order valence-corrected chi connectivity index (χ1v) is 15.6. The quantitative estimate of drug-likeness (QED) is 0.129. The molecule has 9 heteroatoms. The topological polar surface area (TPSA) is 123 Å². The molecule has 0 aromatic heterocycles. The summed E-state index contributed by atoms with van der Waals surface area (Å²) in [4.78, 5) is 53.4. The molecular formula is C39H37N3O6. The summed E-state index contributed by atoms with van der Waals surface area (Å²) < 4.78 is 10.9. The van der Waals surface area contributed by atoms with E-state index in [1.807, 2.05) is 106 Å². The van der Waals surface area contributed by atoms with E-state index in [0.29, 0.717) is 5.69 Å². The molecule has 0 bridgehead atoms. The van der Waals surface area contributed by atoms with Crippen molar-refractivity contribution >= 4 is 46.0 Å². The number of urea groups is 1. The predicted octanol–water partition coefficient (Wildman–Crippen LogP) is 7.38. The SMILES string of the molecule is Cc1cc(C)c(NC(=O)Nc2cc3ccccc3cc2C(=O)N[C@H](CC(=O)OCc2ccccc2)C(=O)OCc2ccccc2)c(C)c1. The Morgan fingerprint density at radius 2 is 1.19 bits per heavy atom. The van der Waals surface area contributed by atoms with Crippen molar-refractivity contribution in [3.63, 3.8) is 0 Å². The normalized spacial score (nSPS) is 11.3. The van der Waals surface area contributed by atoms with Gasteiger partial charge in [0, 0.05) is 5.69 Å². The fraction of sp³-hybridized carbons (Fsp3) is 0.179. The van der Waals surface area contributed by atoms with Gasteiger partial charge in [0.1, 0.15) is 19.3 Å². The number of ether oxygens (including phenoxy) is 2. The molecule has 244 valence electrons. The van der Waals surface area contributed by atoms with Crippen LogP contribution in [0, 0.1) is 20.8 Å². The fourth-order valence-electron chi connectivity index (χ4n) is 5.40. The Hall–Kier alpha value is -5.96. The summed E-state index contributed by atoms with van der Waals surface area (Å²) in [5, 5.41) is 9.90. The van der Waals surface area contributed by atoms with Crippen molar-refractivity contribution in [2.75, 3.05) is 10.6 Å². The molecule has 0 spiro atoms. The van der Waals surface area contributed by atoms with Crippen LogP contribution in [0.15, 0.2) is 109 Å². The van der Waals surface area contributed by atoms with E-state index in [9.17, 15) is 19.2 Å². The number of carbonyl (C=O) groups excluding carboxylic acids is 4. The molecule has 5 rings (SSSR count). The molecule has 0 aliphatic rings. The van der Waals surface area contributed by atoms with Crippen LogP contribution in [0.4, 0.5) is 16.2 Å². The Kier molecular flexibility index (Phi) is 10.8. The average Bonchev–Trinajstić information content (AvgIpc) is 3.08. The van der Waals surface area contributed by atoms with Gasteiger partial charge in [-0.25, -0.2) is 9.59 Å². The van der Waals surface area contributed by atoms with Crippen molar-refractivity contribution in [1.82, 2.24) is 5.32 Å². The first-order chi connectivity index (χ1) is 23.2. The van der Waals surface area contributed by atoms with Gasteiger partial charge in [-0.15, -0.1) is 0 Å². The van der Waals surface area contributed by atoms with E-state index >= 15 is 0 Å². The third kappa shape index (κ3) is 8.85. The molecule has 0 fully saturated rings. The first kappa shape index (κ1) is 33.4. The number of amides is 3. The van der Waals surface area contributed by atoms with Crippen LogP contribution in [0.5, 0.6) is 0 Å². The third-order valence-electron chi connectivity index (χ3n) is 7.72. The highest BCUT2D eigenvalue weighted by atomic mass is 16.5. The molecule has 0 aliphatic carbocycles. The standard InChI is InChI=1S/C39H37N3O6/c1-25-18-26(2)36(27(3)19-25)42-39(46)41-33-21-31-17-11-10-16-30(31)20-32(33)37(44)40-34(38(45)48-24-29-14-8-5-9-15-29)22-35(43)47-23-28-12-6-4-7-13-28/h4-21,34H,22-24H2,1-3H3,(H,40,44)(H2,41,42,46)/t34-/m1/s1. The van der Waals surface area contributed by atoms with Crippen LogP contribution in [-0.4, -0.2) is 29.9 Å². The molecule has 0 saturated carbocycles. The van der Waals surface area contributed by atoms with Crippen LogP contribution in [0.25, 0.3) is 10.8 Å². The average molecular weight is 644 g/mol. The molecule has 3 amide bonds. The van der Waals surface area contributed by atoms with Crippen LogP contribution in [-0.2, 0) is 32.3 Å². The molecule has 3 N–H and O–H groups in total. The summed E-state index contributed by atoms with van der Waals surface area (Å²) in [6.45, 7) is 5.76. The van der Waals surface area contributed by atoms with Gasteiger partial charge in [-0.2, -0.15) is 0 Å². The van der Waals surface area contributed by atoms with Crippen molar-refractivity contribution in [2.24, 2.45) is 0 Å². The Morgan fingerprint density at radius 1 is 0.646 bits per heavy atom. The van der Waals surface area contributed by atoms with Crippen LogP contribution in [0.2, 0.25) is 0 Å². The number of carbonyl (C=O) groups is 4. The maximum atomic E-state index is 13.9. The molecule has 9 nitrogen and oxygen atoms in total. The molecule has 0 unspecified atom stereocenters. The van der Waals surface area contributed by atoms with Gasteiger partial charge < -0.3 is 25.4 Å². The monoisotopic (exact) mass is 643 g/mol. The number of nitrogens with one attached hydrogen (secondary N) is 3. The van der Waals surface area contributed by atoms with Crippen LogP contribution >= 0.6 is 0 Å². The smallest absolute Gasteiger partial charge is 0.329 e. The van der Waals surface area contributed by atoms with E-state index in [-0.39, 0.29) is 24.5 Å². The Bertz CT molecular complexity index is 1920. The molecule has 0 radical (unpaired) electrons. The number of hydrogen-bond acceptors (Lipinski definition) is 6. The Morgan fingerprint density at radius 3 is 1.79 bits per heavy atom. The first-order valence-electron chi connectivity index (χ1n) is 15.6. The zero-order valence-electron chi connectivity index (χ0n) is 27.0. The Balaban J connectivity index is 1.38. The molecular weight excluding hydrogens is 606 g/mol. The van der Waals surface area contributed by atoms with Gasteiger partial charge in [0.15, 0.2) is 0 Å². The lowest BCUT2D eigenvalue weighted by molar-refractivity contribution is -0.153. The zero-order valence-corrected chi connectivity index (χ0v) is 27.0. The third-order valence-corrected chi connectivity index (χ3v) is 7.72. The molecule has 5 aromatic carbocycles. The van der Waals surface area contributed by atoms with Crippen molar-refractivity contribution in [3.8, 4) is 0 Å². The maximum absolute atomic E-state index is 13.9. The number of anilines is 2. The van der Waals surface area contributed by atoms with Crippen LogP contribution in [0.1, 0.15) is 44.6 Å². The minimum absolute atomic E-state index is 0.00713. The number of benzene rings is 5. The van der Waals surface area contributed by atoms with Crippen LogP contribution in [0.3, 0.4) is 0 Å². The summed E-state index contributed by atoms with van der Waals surface area (Å²) in [6.07, 6.45) is -0.463. The second-order valence-corrected chi connectivity index (χ2v) is 11.6. The van der Waals surface area contributed by atoms with Crippen molar-refractivity contribution in [1.29, 1.82) is 0 Å². The summed E-state index contributed by atoms with van der Waals surface area (Å²) >= 11 is 0. The van der Waals surface area contributed by atoms with E-state index in [2.05, 4.69) is 16.0 Å². The number of rotatable bonds is 11. The summed E-state index contributed by atoms with van der Waals surface area (Å²) in [6, 6.07) is 30.9. The van der Waals surface area contributed by atoms with Gasteiger partial charge >= 0.3 is 18.0 Å². The highest BCUT2D eigenvalue weighted by Gasteiger charge is 2.28. The maximum Gasteiger partial charge on any atom is 0.329 e. The molecule has 1 atom stereocenters. The van der Waals surface area contributed by atoms with E-state index in [4.69, 9.17) is 9.47 Å². The summed E-state index contributed by atoms with van der Waals surface area (Å²) in [5.41, 5.74) is 5.37. The van der Waals surface area contributed by atoms with Crippen molar-refractivity contribution < 1.29 is 28.7 Å². The van der Waals surface area contributed by atoms with E-state index in [0.717, 1.165) is 38.6 Å². The van der Waals surface area contributed by atoms with Gasteiger partial charge in [-0.1, -0.05) is 103 Å². The lowest BCUT2D eigenvalue weighted by Gasteiger charge is -2.19. The van der Waals surface area contributed by atoms with Gasteiger partial charge in [-0.05, 0) is 65.9 Å². The molecule has 48 heavy (non-hydrogen) atoms. The largest absolute Gasteiger partial charge is 0.461 e. The second-order valence-electron chi connectivity index (χ2n) is 11.6. The van der Waals surface area contributed by atoms with Gasteiger partial charge in [0.05, 0.1) is 17.7 Å². The minimum Gasteiger partial charge on any atom is -0.461 e. The van der Waals surface area contributed by atoms with Gasteiger partial charge in [-0.3, -0.25) is 9.59 Å². The van der Waals surface area contributed by atoms with E-state index < -0.39 is 36.3 Å². The lowest BCUT2D eigenvalue weighted by atomic mass is 10.0. The summed E-state index contributed by atoms with van der Waals surface area (Å²) in [7, 11) is 0. The predicted molar refractivity (Wildman–Crippen MR) is 186 cm³/mol. The zero-order chi connectivity index (χ0) is 34.0. The number of aryl methyl sites for hydroxylation is 3. The molecule has 0 aliphatic heterocycles. The Labute approximate surface area is 279 Å². The summed E-state index contributed by atoms with van der Waals surface area (Å²) in [5.74, 6) is -2.18. The van der Waals surface area contributed by atoms with Crippen molar-refractivity contribution in [2.45, 2.75) is 46.4 Å². The number of hydrogen-bond donors (Lipinski definition) is 3. The highest BCUT2D eigenvalue weighted by Crippen LogP contribution is 2.26. The lowest BCUT2D eigenvalue weighted by Crippen LogP contribution is -2.43. The molecule has 5 aromatic rings. The van der Waals surface area contributed by atoms with Gasteiger partial charge in [0.2, 0.25) is 0 Å². The van der Waals surface area contributed by atoms with Crippen molar-refractivity contribution in [3.05, 3.63) is 143 Å². The van der Waals surface area contributed by atoms with E-state index in [1.165, 1.54) is 0 Å². The van der Waals surface area contributed by atoms with Crippen LogP contribution < -0.4 is 16.0 Å². The van der Waals surface area contributed by atoms with Gasteiger partial charge in [0.25, 0.3) is 5.91 Å². The molecule has 0 saturated heterocycles. The second kappa shape index (κ2) is 15.6.